The Kier molecular flexibility index (Phi) is 5.84. The highest BCUT2D eigenvalue weighted by Crippen LogP contribution is 2.33. The first-order chi connectivity index (χ1) is 13.3. The van der Waals surface area contributed by atoms with Crippen molar-refractivity contribution < 1.29 is 28.6 Å². The number of hydrogen-bond acceptors (Lipinski definition) is 4. The third-order valence-electron chi connectivity index (χ3n) is 4.95. The number of carboxylic acid groups (broad SMARTS) is 1. The van der Waals surface area contributed by atoms with Gasteiger partial charge in [0, 0.05) is 24.0 Å². The maximum absolute atomic E-state index is 14.6. The number of carbonyl (C=O) groups is 2. The van der Waals surface area contributed by atoms with Crippen molar-refractivity contribution >= 4 is 22.6 Å². The lowest BCUT2D eigenvalue weighted by atomic mass is 10.00. The lowest BCUT2D eigenvalue weighted by Crippen LogP contribution is -2.49. The molecule has 0 unspecified atom stereocenters. The molecule has 2 aromatic carbocycles. The van der Waals surface area contributed by atoms with E-state index in [4.69, 9.17) is 9.47 Å². The predicted octanol–water partition coefficient (Wildman–Crippen LogP) is 3.38. The van der Waals surface area contributed by atoms with Gasteiger partial charge in [0.25, 0.3) is 5.91 Å². The van der Waals surface area contributed by atoms with Crippen LogP contribution in [0.5, 0.6) is 5.75 Å². The van der Waals surface area contributed by atoms with Crippen LogP contribution in [0.4, 0.5) is 4.39 Å². The van der Waals surface area contributed by atoms with Crippen LogP contribution in [0.3, 0.4) is 0 Å². The number of carbonyl (C=O) groups excluding carboxylic acids is 1. The van der Waals surface area contributed by atoms with Crippen molar-refractivity contribution in [3.05, 3.63) is 41.7 Å². The normalized spacial score (nSPS) is 15.4. The van der Waals surface area contributed by atoms with Gasteiger partial charge in [0.15, 0.2) is 0 Å². The molecule has 0 radical (unpaired) electrons. The molecule has 0 aromatic heterocycles. The molecule has 2 aromatic rings. The SMILES string of the molecule is CC(C)(NC(=O)c1cc(F)c2ccccc2c1OCC1CCOCC1)C(=O)O. The van der Waals surface area contributed by atoms with E-state index in [-0.39, 0.29) is 17.2 Å². The first-order valence-corrected chi connectivity index (χ1v) is 9.27. The Hall–Kier alpha value is -2.67. The highest BCUT2D eigenvalue weighted by Gasteiger charge is 2.31. The number of aliphatic carboxylic acids is 1. The van der Waals surface area contributed by atoms with Crippen LogP contribution in [-0.4, -0.2) is 42.3 Å². The summed E-state index contributed by atoms with van der Waals surface area (Å²) in [4.78, 5) is 24.1. The summed E-state index contributed by atoms with van der Waals surface area (Å²) in [7, 11) is 0. The lowest BCUT2D eigenvalue weighted by molar-refractivity contribution is -0.143. The number of hydrogen-bond donors (Lipinski definition) is 2. The van der Waals surface area contributed by atoms with Gasteiger partial charge in [-0.3, -0.25) is 4.79 Å². The second-order valence-electron chi connectivity index (χ2n) is 7.53. The van der Waals surface area contributed by atoms with Gasteiger partial charge in [-0.2, -0.15) is 0 Å². The Labute approximate surface area is 162 Å². The van der Waals surface area contributed by atoms with Gasteiger partial charge >= 0.3 is 5.97 Å². The highest BCUT2D eigenvalue weighted by molar-refractivity contribution is 6.05. The van der Waals surface area contributed by atoms with E-state index in [1.165, 1.54) is 13.8 Å². The summed E-state index contributed by atoms with van der Waals surface area (Å²) in [5.74, 6) is -1.90. The Balaban J connectivity index is 1.97. The zero-order valence-corrected chi connectivity index (χ0v) is 16.0. The minimum Gasteiger partial charge on any atom is -0.492 e. The van der Waals surface area contributed by atoms with Gasteiger partial charge in [0.2, 0.25) is 0 Å². The number of halogens is 1. The van der Waals surface area contributed by atoms with E-state index in [1.807, 2.05) is 0 Å². The molecule has 1 saturated heterocycles. The van der Waals surface area contributed by atoms with E-state index in [0.29, 0.717) is 30.6 Å². The third-order valence-corrected chi connectivity index (χ3v) is 4.95. The summed E-state index contributed by atoms with van der Waals surface area (Å²) in [6, 6.07) is 7.87. The van der Waals surface area contributed by atoms with Crippen molar-refractivity contribution in [2.75, 3.05) is 19.8 Å². The first kappa shape index (κ1) is 20.1. The molecule has 3 rings (SSSR count). The maximum Gasteiger partial charge on any atom is 0.328 e. The smallest absolute Gasteiger partial charge is 0.328 e. The van der Waals surface area contributed by atoms with Crippen molar-refractivity contribution in [1.29, 1.82) is 0 Å². The van der Waals surface area contributed by atoms with Crippen LogP contribution in [0.15, 0.2) is 30.3 Å². The molecule has 28 heavy (non-hydrogen) atoms. The number of benzene rings is 2. The van der Waals surface area contributed by atoms with Crippen molar-refractivity contribution in [1.82, 2.24) is 5.32 Å². The van der Waals surface area contributed by atoms with E-state index in [9.17, 15) is 19.1 Å². The number of amides is 1. The van der Waals surface area contributed by atoms with Gasteiger partial charge in [0.1, 0.15) is 17.1 Å². The average molecular weight is 389 g/mol. The number of carboxylic acids is 1. The summed E-state index contributed by atoms with van der Waals surface area (Å²) in [5.41, 5.74) is -1.52. The standard InChI is InChI=1S/C21H24FNO5/c1-21(2,20(25)26)23-19(24)16-11-17(22)14-5-3-4-6-15(14)18(16)28-12-13-7-9-27-10-8-13/h3-6,11,13H,7-10,12H2,1-2H3,(H,23,24)(H,25,26). The van der Waals surface area contributed by atoms with E-state index in [2.05, 4.69) is 5.32 Å². The minimum atomic E-state index is -1.50. The summed E-state index contributed by atoms with van der Waals surface area (Å²) in [6.07, 6.45) is 1.71. The van der Waals surface area contributed by atoms with Crippen LogP contribution < -0.4 is 10.1 Å². The highest BCUT2D eigenvalue weighted by atomic mass is 19.1. The van der Waals surface area contributed by atoms with Crippen molar-refractivity contribution in [3.63, 3.8) is 0 Å². The monoisotopic (exact) mass is 389 g/mol. The van der Waals surface area contributed by atoms with Gasteiger partial charge in [0.05, 0.1) is 12.2 Å². The second kappa shape index (κ2) is 8.14. The van der Waals surface area contributed by atoms with E-state index < -0.39 is 23.2 Å². The predicted molar refractivity (Wildman–Crippen MR) is 102 cm³/mol. The molecule has 0 spiro atoms. The minimum absolute atomic E-state index is 0.0161. The molecule has 0 saturated carbocycles. The van der Waals surface area contributed by atoms with Crippen LogP contribution in [-0.2, 0) is 9.53 Å². The molecule has 7 heteroatoms. The van der Waals surface area contributed by atoms with Gasteiger partial charge in [-0.1, -0.05) is 24.3 Å². The quantitative estimate of drug-likeness (QED) is 0.791. The lowest BCUT2D eigenvalue weighted by Gasteiger charge is -2.25. The Bertz CT molecular complexity index is 890. The van der Waals surface area contributed by atoms with Crippen LogP contribution in [0.1, 0.15) is 37.0 Å². The maximum atomic E-state index is 14.6. The molecule has 0 bridgehead atoms. The van der Waals surface area contributed by atoms with Gasteiger partial charge < -0.3 is 19.9 Å². The number of nitrogens with one attached hydrogen (secondary N) is 1. The van der Waals surface area contributed by atoms with Gasteiger partial charge in [-0.25, -0.2) is 9.18 Å². The van der Waals surface area contributed by atoms with E-state index in [0.717, 1.165) is 18.9 Å². The summed E-state index contributed by atoms with van der Waals surface area (Å²) in [6.45, 7) is 4.44. The fourth-order valence-electron chi connectivity index (χ4n) is 3.15. The average Bonchev–Trinajstić information content (AvgIpc) is 2.67. The molecular weight excluding hydrogens is 365 g/mol. The van der Waals surface area contributed by atoms with Crippen molar-refractivity contribution in [3.8, 4) is 5.75 Å². The van der Waals surface area contributed by atoms with Crippen molar-refractivity contribution in [2.24, 2.45) is 5.92 Å². The van der Waals surface area contributed by atoms with Gasteiger partial charge in [-0.05, 0) is 38.7 Å². The molecule has 1 heterocycles. The summed E-state index contributed by atoms with van der Waals surface area (Å²) in [5, 5.41) is 12.5. The fraction of sp³-hybridized carbons (Fsp3) is 0.429. The Morgan fingerprint density at radius 1 is 1.25 bits per heavy atom. The molecule has 1 fully saturated rings. The molecule has 1 aliphatic rings. The van der Waals surface area contributed by atoms with Crippen LogP contribution in [0.25, 0.3) is 10.8 Å². The van der Waals surface area contributed by atoms with E-state index in [1.54, 1.807) is 24.3 Å². The topological polar surface area (TPSA) is 84.9 Å². The van der Waals surface area contributed by atoms with Crippen LogP contribution >= 0.6 is 0 Å². The van der Waals surface area contributed by atoms with Crippen LogP contribution in [0, 0.1) is 11.7 Å². The molecule has 1 aliphatic heterocycles. The Morgan fingerprint density at radius 2 is 1.89 bits per heavy atom. The molecule has 0 aliphatic carbocycles. The van der Waals surface area contributed by atoms with Crippen molar-refractivity contribution in [2.45, 2.75) is 32.2 Å². The van der Waals surface area contributed by atoms with Gasteiger partial charge in [-0.15, -0.1) is 0 Å². The molecule has 2 N–H and O–H groups in total. The first-order valence-electron chi connectivity index (χ1n) is 9.27. The molecule has 0 atom stereocenters. The molecular formula is C21H24FNO5. The third kappa shape index (κ3) is 4.25. The zero-order valence-electron chi connectivity index (χ0n) is 16.0. The Morgan fingerprint density at radius 3 is 2.54 bits per heavy atom. The number of ether oxygens (including phenoxy) is 2. The molecule has 1 amide bonds. The summed E-state index contributed by atoms with van der Waals surface area (Å²) < 4.78 is 26.0. The number of rotatable bonds is 6. The number of fused-ring (bicyclic) bond motifs is 1. The zero-order chi connectivity index (χ0) is 20.3. The largest absolute Gasteiger partial charge is 0.492 e. The van der Waals surface area contributed by atoms with Crippen LogP contribution in [0.2, 0.25) is 0 Å². The fourth-order valence-corrected chi connectivity index (χ4v) is 3.15. The summed E-state index contributed by atoms with van der Waals surface area (Å²) >= 11 is 0. The molecule has 6 nitrogen and oxygen atoms in total. The molecule has 150 valence electrons. The van der Waals surface area contributed by atoms with E-state index >= 15 is 0 Å². The second-order valence-corrected chi connectivity index (χ2v) is 7.53.